The van der Waals surface area contributed by atoms with E-state index in [9.17, 15) is 4.79 Å². The van der Waals surface area contributed by atoms with E-state index in [1.54, 1.807) is 6.26 Å². The third-order valence-corrected chi connectivity index (χ3v) is 5.70. The average Bonchev–Trinajstić information content (AvgIpc) is 3.35. The van der Waals surface area contributed by atoms with E-state index in [-0.39, 0.29) is 17.7 Å². The smallest absolute Gasteiger partial charge is 0.226 e. The third kappa shape index (κ3) is 2.93. The summed E-state index contributed by atoms with van der Waals surface area (Å²) in [6, 6.07) is 11.8. The molecule has 5 rings (SSSR count). The van der Waals surface area contributed by atoms with Crippen molar-refractivity contribution in [3.05, 3.63) is 71.1 Å². The van der Waals surface area contributed by atoms with Crippen LogP contribution in [-0.2, 0) is 4.79 Å². The maximum absolute atomic E-state index is 13.3. The molecule has 3 aromatic rings. The van der Waals surface area contributed by atoms with Crippen molar-refractivity contribution in [3.63, 3.8) is 0 Å². The van der Waals surface area contributed by atoms with Gasteiger partial charge in [-0.15, -0.1) is 0 Å². The van der Waals surface area contributed by atoms with Gasteiger partial charge in [0, 0.05) is 43.4 Å². The molecule has 0 spiro atoms. The molecule has 0 saturated carbocycles. The number of allylic oxidation sites excluding steroid dienone is 2. The molecule has 7 nitrogen and oxygen atoms in total. The summed E-state index contributed by atoms with van der Waals surface area (Å²) >= 11 is 0. The number of rotatable bonds is 3. The lowest BCUT2D eigenvalue weighted by Crippen LogP contribution is -2.33. The monoisotopic (exact) mass is 389 g/mol. The highest BCUT2D eigenvalue weighted by Gasteiger charge is 2.40. The van der Waals surface area contributed by atoms with Crippen LogP contribution in [0.5, 0.6) is 0 Å². The first kappa shape index (κ1) is 17.7. The summed E-state index contributed by atoms with van der Waals surface area (Å²) in [5, 5.41) is 7.96. The molecule has 1 aromatic carbocycles. The van der Waals surface area contributed by atoms with Gasteiger partial charge in [-0.1, -0.05) is 12.1 Å². The molecule has 148 valence electrons. The maximum Gasteiger partial charge on any atom is 0.226 e. The van der Waals surface area contributed by atoms with E-state index in [1.165, 1.54) is 0 Å². The summed E-state index contributed by atoms with van der Waals surface area (Å²) in [7, 11) is 4.02. The lowest BCUT2D eigenvalue weighted by atomic mass is 9.79. The minimum Gasteiger partial charge on any atom is -0.469 e. The summed E-state index contributed by atoms with van der Waals surface area (Å²) < 4.78 is 7.42. The van der Waals surface area contributed by atoms with Crippen LogP contribution in [0.3, 0.4) is 0 Å². The largest absolute Gasteiger partial charge is 0.469 e. The number of furan rings is 1. The van der Waals surface area contributed by atoms with Gasteiger partial charge in [0.15, 0.2) is 5.78 Å². The molecule has 0 bridgehead atoms. The molecule has 3 heterocycles. The average molecular weight is 389 g/mol. The summed E-state index contributed by atoms with van der Waals surface area (Å²) in [6.07, 6.45) is 2.81. The van der Waals surface area contributed by atoms with Crippen LogP contribution < -0.4 is 10.2 Å². The van der Waals surface area contributed by atoms with Crippen LogP contribution in [-0.4, -0.2) is 34.6 Å². The van der Waals surface area contributed by atoms with Crippen LogP contribution in [0.2, 0.25) is 0 Å². The highest BCUT2D eigenvalue weighted by molar-refractivity contribution is 6.00. The minimum atomic E-state index is -0.274. The summed E-state index contributed by atoms with van der Waals surface area (Å²) in [6.45, 7) is 1.87. The first-order chi connectivity index (χ1) is 14.0. The van der Waals surface area contributed by atoms with Crippen molar-refractivity contribution in [2.75, 3.05) is 24.3 Å². The van der Waals surface area contributed by atoms with Crippen LogP contribution in [0.4, 0.5) is 11.6 Å². The van der Waals surface area contributed by atoms with Crippen molar-refractivity contribution in [2.24, 2.45) is 0 Å². The van der Waals surface area contributed by atoms with Gasteiger partial charge in [-0.05, 0) is 43.2 Å². The van der Waals surface area contributed by atoms with Crippen molar-refractivity contribution in [2.45, 2.75) is 31.7 Å². The lowest BCUT2D eigenvalue weighted by Gasteiger charge is -2.34. The topological polar surface area (TPSA) is 76.2 Å². The molecular weight excluding hydrogens is 366 g/mol. The fourth-order valence-electron chi connectivity index (χ4n) is 4.31. The Morgan fingerprint density at radius 3 is 2.66 bits per heavy atom. The van der Waals surface area contributed by atoms with E-state index < -0.39 is 0 Å². The summed E-state index contributed by atoms with van der Waals surface area (Å²) in [5.74, 6) is 2.37. The van der Waals surface area contributed by atoms with E-state index >= 15 is 0 Å². The number of anilines is 2. The van der Waals surface area contributed by atoms with Gasteiger partial charge >= 0.3 is 0 Å². The standard InChI is InChI=1S/C22H23N5O2/c1-13-23-22-24-17-11-15(19-5-4-10-29-19)12-18(28)20(17)21(27(22)25-13)14-6-8-16(9-7-14)26(2)3/h4-10,15,21H,11-12H2,1-3H3,(H,23,24,25). The number of nitrogens with one attached hydrogen (secondary N) is 1. The van der Waals surface area contributed by atoms with Crippen molar-refractivity contribution in [3.8, 4) is 0 Å². The second-order valence-corrected chi connectivity index (χ2v) is 7.88. The molecule has 2 aliphatic rings. The van der Waals surface area contributed by atoms with E-state index in [4.69, 9.17) is 4.42 Å². The number of hydrogen-bond donors (Lipinski definition) is 1. The Hall–Kier alpha value is -3.35. The van der Waals surface area contributed by atoms with Gasteiger partial charge in [0.25, 0.3) is 0 Å². The normalized spacial score (nSPS) is 20.9. The Kier molecular flexibility index (Phi) is 4.04. The number of ketones is 1. The van der Waals surface area contributed by atoms with Crippen molar-refractivity contribution >= 4 is 17.4 Å². The molecule has 1 aliphatic carbocycles. The van der Waals surface area contributed by atoms with Crippen LogP contribution in [0.1, 0.15) is 41.9 Å². The Bertz CT molecular complexity index is 1090. The fraction of sp³-hybridized carbons (Fsp3) is 0.318. The van der Waals surface area contributed by atoms with E-state index in [0.29, 0.717) is 24.6 Å². The predicted molar refractivity (Wildman–Crippen MR) is 110 cm³/mol. The van der Waals surface area contributed by atoms with Gasteiger partial charge in [-0.25, -0.2) is 4.68 Å². The molecule has 0 fully saturated rings. The Labute approximate surface area is 169 Å². The molecule has 2 aromatic heterocycles. The Morgan fingerprint density at radius 2 is 1.97 bits per heavy atom. The van der Waals surface area contributed by atoms with Gasteiger partial charge < -0.3 is 14.6 Å². The van der Waals surface area contributed by atoms with Crippen LogP contribution in [0.15, 0.2) is 58.3 Å². The van der Waals surface area contributed by atoms with Crippen LogP contribution in [0, 0.1) is 6.92 Å². The molecule has 2 unspecified atom stereocenters. The number of benzene rings is 1. The summed E-state index contributed by atoms with van der Waals surface area (Å²) in [4.78, 5) is 19.9. The number of aromatic nitrogens is 3. The SMILES string of the molecule is Cc1nc2n(n1)C(c1ccc(N(C)C)cc1)C1=C(CC(c3ccco3)CC1=O)N2. The van der Waals surface area contributed by atoms with E-state index in [0.717, 1.165) is 28.3 Å². The molecule has 2 atom stereocenters. The Balaban J connectivity index is 1.60. The fourth-order valence-corrected chi connectivity index (χ4v) is 4.31. The van der Waals surface area contributed by atoms with Crippen LogP contribution >= 0.6 is 0 Å². The highest BCUT2D eigenvalue weighted by Crippen LogP contribution is 2.44. The minimum absolute atomic E-state index is 0.0380. The lowest BCUT2D eigenvalue weighted by molar-refractivity contribution is -0.117. The molecule has 0 radical (unpaired) electrons. The highest BCUT2D eigenvalue weighted by atomic mass is 16.3. The van der Waals surface area contributed by atoms with Gasteiger partial charge in [0.2, 0.25) is 5.95 Å². The number of aryl methyl sites for hydroxylation is 1. The number of hydrogen-bond acceptors (Lipinski definition) is 6. The third-order valence-electron chi connectivity index (χ3n) is 5.70. The van der Waals surface area contributed by atoms with Gasteiger partial charge in [-0.2, -0.15) is 10.1 Å². The first-order valence-electron chi connectivity index (χ1n) is 9.78. The number of carbonyl (C=O) groups excluding carboxylic acids is 1. The molecule has 1 N–H and O–H groups in total. The van der Waals surface area contributed by atoms with Gasteiger partial charge in [-0.3, -0.25) is 4.79 Å². The van der Waals surface area contributed by atoms with Crippen molar-refractivity contribution in [1.29, 1.82) is 0 Å². The Morgan fingerprint density at radius 1 is 1.17 bits per heavy atom. The second-order valence-electron chi connectivity index (χ2n) is 7.88. The maximum atomic E-state index is 13.3. The zero-order valence-corrected chi connectivity index (χ0v) is 16.7. The molecule has 29 heavy (non-hydrogen) atoms. The zero-order valence-electron chi connectivity index (χ0n) is 16.7. The number of Topliss-reactive ketones (excluding diaryl/α,β-unsaturated/α-hetero) is 1. The predicted octanol–water partition coefficient (Wildman–Crippen LogP) is 3.66. The van der Waals surface area contributed by atoms with Crippen molar-refractivity contribution < 1.29 is 9.21 Å². The zero-order chi connectivity index (χ0) is 20.1. The quantitative estimate of drug-likeness (QED) is 0.737. The first-order valence-corrected chi connectivity index (χ1v) is 9.78. The molecular formula is C22H23N5O2. The summed E-state index contributed by atoms with van der Waals surface area (Å²) in [5.41, 5.74) is 3.84. The van der Waals surface area contributed by atoms with E-state index in [1.807, 2.05) is 37.8 Å². The molecule has 0 amide bonds. The second kappa shape index (κ2) is 6.62. The van der Waals surface area contributed by atoms with Gasteiger partial charge in [0.05, 0.1) is 6.26 Å². The van der Waals surface area contributed by atoms with Gasteiger partial charge in [0.1, 0.15) is 17.6 Å². The van der Waals surface area contributed by atoms with E-state index in [2.05, 4.69) is 44.6 Å². The molecule has 0 saturated heterocycles. The molecule has 1 aliphatic heterocycles. The number of carbonyl (C=O) groups is 1. The molecule has 7 heteroatoms. The number of fused-ring (bicyclic) bond motifs is 1. The van der Waals surface area contributed by atoms with Crippen molar-refractivity contribution in [1.82, 2.24) is 14.8 Å². The number of nitrogens with zero attached hydrogens (tertiary/aromatic N) is 4. The van der Waals surface area contributed by atoms with Crippen LogP contribution in [0.25, 0.3) is 0 Å².